The van der Waals surface area contributed by atoms with Crippen molar-refractivity contribution >= 4 is 0 Å². The highest BCUT2D eigenvalue weighted by molar-refractivity contribution is 5.66. The quantitative estimate of drug-likeness (QED) is 0.617. The number of fused-ring (bicyclic) bond motifs is 3. The lowest BCUT2D eigenvalue weighted by Crippen LogP contribution is -2.27. The van der Waals surface area contributed by atoms with Crippen molar-refractivity contribution in [3.63, 3.8) is 0 Å². The molecular weight excluding hydrogens is 328 g/mol. The van der Waals surface area contributed by atoms with Crippen molar-refractivity contribution in [2.75, 3.05) is 0 Å². The minimum atomic E-state index is -0.793. The molecule has 0 saturated heterocycles. The first-order chi connectivity index (χ1) is 12.6. The maximum absolute atomic E-state index is 14.0. The molecule has 0 aromatic heterocycles. The van der Waals surface area contributed by atoms with Gasteiger partial charge in [-0.05, 0) is 84.2 Å². The molecule has 0 aliphatic heterocycles. The Morgan fingerprint density at radius 2 is 1.81 bits per heavy atom. The van der Waals surface area contributed by atoms with Gasteiger partial charge >= 0.3 is 0 Å². The van der Waals surface area contributed by atoms with Crippen LogP contribution in [0.4, 0.5) is 8.78 Å². The van der Waals surface area contributed by atoms with E-state index in [2.05, 4.69) is 19.1 Å². The molecule has 3 heteroatoms. The lowest BCUT2D eigenvalue weighted by molar-refractivity contribution is 0.206. The number of nitriles is 1. The largest absolute Gasteiger partial charge is 0.205 e. The average Bonchev–Trinajstić information content (AvgIpc) is 2.66. The van der Waals surface area contributed by atoms with E-state index in [1.807, 2.05) is 6.07 Å². The van der Waals surface area contributed by atoms with Gasteiger partial charge in [-0.25, -0.2) is 8.78 Å². The van der Waals surface area contributed by atoms with E-state index < -0.39 is 17.2 Å². The topological polar surface area (TPSA) is 23.8 Å². The summed E-state index contributed by atoms with van der Waals surface area (Å²) in [7, 11) is 0. The highest BCUT2D eigenvalue weighted by Crippen LogP contribution is 2.48. The van der Waals surface area contributed by atoms with Gasteiger partial charge in [0.2, 0.25) is 0 Å². The van der Waals surface area contributed by atoms with Crippen LogP contribution in [-0.2, 0) is 6.42 Å². The molecule has 0 amide bonds. The van der Waals surface area contributed by atoms with Gasteiger partial charge in [0, 0.05) is 0 Å². The number of hydrogen-bond acceptors (Lipinski definition) is 1. The molecule has 2 aromatic rings. The zero-order valence-corrected chi connectivity index (χ0v) is 15.1. The van der Waals surface area contributed by atoms with Crippen LogP contribution >= 0.6 is 0 Å². The molecule has 2 aromatic carbocycles. The van der Waals surface area contributed by atoms with Gasteiger partial charge in [0.1, 0.15) is 23.3 Å². The van der Waals surface area contributed by atoms with E-state index in [1.54, 1.807) is 6.07 Å². The summed E-state index contributed by atoms with van der Waals surface area (Å²) in [4.78, 5) is 0. The molecule has 2 aliphatic carbocycles. The number of hydrogen-bond donors (Lipinski definition) is 0. The van der Waals surface area contributed by atoms with Gasteiger partial charge in [-0.1, -0.05) is 31.5 Å². The number of halogens is 2. The number of benzene rings is 2. The number of aryl methyl sites for hydroxylation is 1. The molecule has 0 unspecified atom stereocenters. The predicted octanol–water partition coefficient (Wildman–Crippen LogP) is 6.36. The molecule has 0 bridgehead atoms. The second kappa shape index (κ2) is 6.83. The highest BCUT2D eigenvalue weighted by Gasteiger charge is 2.34. The standard InChI is InChI=1S/C23H23F2N/c1-2-14-3-7-19-16(9-14)4-5-17-10-15(6-8-20(17)19)18-11-22(24)21(13-26)23(25)12-18/h6,8,10-12,14,16,19H,2-5,7,9H2,1H3/t14-,16+,19+/m1/s1. The molecule has 3 atom stereocenters. The SMILES string of the molecule is CC[C@@H]1CC[C@@H]2c3ccc(-c4cc(F)c(C#N)c(F)c4)cc3CC[C@H]2C1. The smallest absolute Gasteiger partial charge is 0.144 e. The molecule has 2 aliphatic rings. The van der Waals surface area contributed by atoms with Crippen molar-refractivity contribution in [1.82, 2.24) is 0 Å². The molecule has 134 valence electrons. The van der Waals surface area contributed by atoms with Gasteiger partial charge in [-0.2, -0.15) is 5.26 Å². The van der Waals surface area contributed by atoms with E-state index in [4.69, 9.17) is 5.26 Å². The summed E-state index contributed by atoms with van der Waals surface area (Å²) in [5.41, 5.74) is 3.57. The monoisotopic (exact) mass is 351 g/mol. The van der Waals surface area contributed by atoms with E-state index in [1.165, 1.54) is 55.4 Å². The lowest BCUT2D eigenvalue weighted by Gasteiger charge is -2.40. The minimum absolute atomic E-state index is 0.499. The van der Waals surface area contributed by atoms with Crippen molar-refractivity contribution < 1.29 is 8.78 Å². The van der Waals surface area contributed by atoms with Crippen LogP contribution in [0.3, 0.4) is 0 Å². The van der Waals surface area contributed by atoms with E-state index in [0.29, 0.717) is 11.5 Å². The molecule has 1 nitrogen and oxygen atoms in total. The van der Waals surface area contributed by atoms with Crippen molar-refractivity contribution in [1.29, 1.82) is 5.26 Å². The van der Waals surface area contributed by atoms with Crippen molar-refractivity contribution in [3.8, 4) is 17.2 Å². The number of nitrogens with zero attached hydrogens (tertiary/aromatic N) is 1. The first kappa shape index (κ1) is 17.2. The summed E-state index contributed by atoms with van der Waals surface area (Å²) in [6.45, 7) is 2.30. The Hall–Kier alpha value is -2.21. The molecule has 4 rings (SSSR count). The molecule has 26 heavy (non-hydrogen) atoms. The normalized spacial score (nSPS) is 24.5. The van der Waals surface area contributed by atoms with Crippen LogP contribution in [0.25, 0.3) is 11.1 Å². The predicted molar refractivity (Wildman–Crippen MR) is 98.7 cm³/mol. The van der Waals surface area contributed by atoms with E-state index in [9.17, 15) is 8.78 Å². The van der Waals surface area contributed by atoms with Crippen LogP contribution in [0.5, 0.6) is 0 Å². The molecular formula is C23H23F2N. The van der Waals surface area contributed by atoms with Crippen molar-refractivity contribution in [3.05, 3.63) is 58.7 Å². The summed E-state index contributed by atoms with van der Waals surface area (Å²) in [6.07, 6.45) is 7.45. The third-order valence-electron chi connectivity index (χ3n) is 6.48. The summed E-state index contributed by atoms with van der Waals surface area (Å²) < 4.78 is 27.9. The fourth-order valence-corrected chi connectivity index (χ4v) is 5.01. The van der Waals surface area contributed by atoms with Crippen LogP contribution in [0.2, 0.25) is 0 Å². The molecule has 1 saturated carbocycles. The Morgan fingerprint density at radius 3 is 2.50 bits per heavy atom. The first-order valence-corrected chi connectivity index (χ1v) is 9.63. The van der Waals surface area contributed by atoms with Crippen molar-refractivity contribution in [2.24, 2.45) is 11.8 Å². The Labute approximate surface area is 153 Å². The molecule has 0 heterocycles. The van der Waals surface area contributed by atoms with Crippen LogP contribution in [0.1, 0.15) is 61.6 Å². The first-order valence-electron chi connectivity index (χ1n) is 9.63. The Kier molecular flexibility index (Phi) is 4.53. The van der Waals surface area contributed by atoms with E-state index >= 15 is 0 Å². The van der Waals surface area contributed by atoms with E-state index in [0.717, 1.165) is 23.8 Å². The van der Waals surface area contributed by atoms with Gasteiger partial charge in [0.05, 0.1) is 0 Å². The summed E-state index contributed by atoms with van der Waals surface area (Å²) >= 11 is 0. The third-order valence-corrected chi connectivity index (χ3v) is 6.48. The second-order valence-electron chi connectivity index (χ2n) is 7.83. The maximum Gasteiger partial charge on any atom is 0.144 e. The average molecular weight is 351 g/mol. The van der Waals surface area contributed by atoms with Gasteiger partial charge in [-0.15, -0.1) is 0 Å². The Morgan fingerprint density at radius 1 is 1.04 bits per heavy atom. The minimum Gasteiger partial charge on any atom is -0.205 e. The molecule has 0 spiro atoms. The van der Waals surface area contributed by atoms with Crippen LogP contribution in [-0.4, -0.2) is 0 Å². The third kappa shape index (κ3) is 2.92. The highest BCUT2D eigenvalue weighted by atomic mass is 19.1. The van der Waals surface area contributed by atoms with Crippen LogP contribution in [0.15, 0.2) is 30.3 Å². The Bertz CT molecular complexity index is 857. The summed E-state index contributed by atoms with van der Waals surface area (Å²) in [6, 6.07) is 10.4. The Balaban J connectivity index is 1.66. The van der Waals surface area contributed by atoms with Crippen molar-refractivity contribution in [2.45, 2.75) is 51.4 Å². The van der Waals surface area contributed by atoms with Crippen LogP contribution < -0.4 is 0 Å². The fraction of sp³-hybridized carbons (Fsp3) is 0.435. The molecule has 0 radical (unpaired) electrons. The molecule has 1 fully saturated rings. The van der Waals surface area contributed by atoms with Gasteiger partial charge in [-0.3, -0.25) is 0 Å². The van der Waals surface area contributed by atoms with Gasteiger partial charge in [0.25, 0.3) is 0 Å². The fourth-order valence-electron chi connectivity index (χ4n) is 5.01. The zero-order chi connectivity index (χ0) is 18.3. The second-order valence-corrected chi connectivity index (χ2v) is 7.83. The molecule has 0 N–H and O–H groups in total. The summed E-state index contributed by atoms with van der Waals surface area (Å²) in [5, 5.41) is 8.84. The van der Waals surface area contributed by atoms with E-state index in [-0.39, 0.29) is 0 Å². The van der Waals surface area contributed by atoms with Gasteiger partial charge < -0.3 is 0 Å². The summed E-state index contributed by atoms with van der Waals surface area (Å²) in [5.74, 6) is 0.722. The van der Waals surface area contributed by atoms with Crippen LogP contribution in [0, 0.1) is 34.8 Å². The maximum atomic E-state index is 14.0. The number of rotatable bonds is 2. The van der Waals surface area contributed by atoms with Gasteiger partial charge in [0.15, 0.2) is 0 Å². The lowest BCUT2D eigenvalue weighted by atomic mass is 9.65. The zero-order valence-electron chi connectivity index (χ0n) is 15.1.